The molecule has 0 aromatic heterocycles. The van der Waals surface area contributed by atoms with Crippen LogP contribution in [-0.2, 0) is 10.0 Å². The molecular weight excluding hydrogens is 316 g/mol. The Labute approximate surface area is 127 Å². The molecule has 0 radical (unpaired) electrons. The minimum Gasteiger partial charge on any atom is -0.324 e. The number of hydrazine groups is 1. The minimum atomic E-state index is -4.01. The molecule has 21 heavy (non-hydrogen) atoms. The molecule has 0 saturated carbocycles. The topological polar surface area (TPSA) is 127 Å². The van der Waals surface area contributed by atoms with Crippen LogP contribution in [0.15, 0.2) is 23.1 Å². The van der Waals surface area contributed by atoms with E-state index in [1.54, 1.807) is 0 Å². The molecule has 10 heteroatoms. The highest BCUT2D eigenvalue weighted by molar-refractivity contribution is 8.00. The first-order chi connectivity index (χ1) is 9.63. The van der Waals surface area contributed by atoms with Gasteiger partial charge in [-0.25, -0.2) is 13.1 Å². The number of thioether (sulfide) groups is 1. The molecule has 0 aliphatic carbocycles. The Morgan fingerprint density at radius 3 is 2.52 bits per heavy atom. The van der Waals surface area contributed by atoms with E-state index in [2.05, 4.69) is 10.1 Å². The van der Waals surface area contributed by atoms with E-state index in [1.807, 2.05) is 20.1 Å². The lowest BCUT2D eigenvalue weighted by molar-refractivity contribution is -0.387. The van der Waals surface area contributed by atoms with E-state index in [0.717, 1.165) is 12.1 Å². The largest absolute Gasteiger partial charge is 0.324 e. The molecule has 1 aromatic rings. The molecule has 0 aliphatic rings. The van der Waals surface area contributed by atoms with Crippen molar-refractivity contribution in [3.63, 3.8) is 0 Å². The lowest BCUT2D eigenvalue weighted by Crippen LogP contribution is -2.36. The van der Waals surface area contributed by atoms with Crippen molar-refractivity contribution in [2.75, 3.05) is 18.2 Å². The van der Waals surface area contributed by atoms with Gasteiger partial charge in [0, 0.05) is 17.4 Å². The van der Waals surface area contributed by atoms with Crippen molar-refractivity contribution in [2.24, 2.45) is 5.84 Å². The summed E-state index contributed by atoms with van der Waals surface area (Å²) in [7, 11) is -4.01. The molecule has 0 spiro atoms. The van der Waals surface area contributed by atoms with Gasteiger partial charge in [0.2, 0.25) is 10.0 Å². The Balaban J connectivity index is 3.20. The minimum absolute atomic E-state index is 0.147. The maximum Gasteiger partial charge on any atom is 0.289 e. The van der Waals surface area contributed by atoms with E-state index in [1.165, 1.54) is 17.8 Å². The van der Waals surface area contributed by atoms with Gasteiger partial charge in [0.25, 0.3) is 5.69 Å². The molecule has 0 fully saturated rings. The molecule has 0 aliphatic heterocycles. The number of nitrogen functional groups attached to an aromatic ring is 1. The van der Waals surface area contributed by atoms with Crippen molar-refractivity contribution in [1.29, 1.82) is 0 Å². The zero-order valence-electron chi connectivity index (χ0n) is 11.9. The van der Waals surface area contributed by atoms with E-state index in [-0.39, 0.29) is 17.0 Å². The second kappa shape index (κ2) is 6.60. The van der Waals surface area contributed by atoms with Gasteiger partial charge in [0.1, 0.15) is 0 Å². The fraction of sp³-hybridized carbons (Fsp3) is 0.455. The van der Waals surface area contributed by atoms with Crippen LogP contribution >= 0.6 is 11.8 Å². The van der Waals surface area contributed by atoms with Gasteiger partial charge in [-0.1, -0.05) is 0 Å². The number of hydrogen-bond donors (Lipinski definition) is 3. The van der Waals surface area contributed by atoms with Gasteiger partial charge >= 0.3 is 0 Å². The SMILES string of the molecule is CSC(C)(C)CNS(=O)(=O)c1cc(NN)ccc1[N+](=O)[O-]. The number of nitro groups is 1. The van der Waals surface area contributed by atoms with Gasteiger partial charge in [-0.3, -0.25) is 16.0 Å². The maximum atomic E-state index is 12.3. The molecule has 0 unspecified atom stereocenters. The molecule has 0 amide bonds. The van der Waals surface area contributed by atoms with Crippen LogP contribution in [-0.4, -0.2) is 30.9 Å². The molecule has 0 bridgehead atoms. The van der Waals surface area contributed by atoms with Gasteiger partial charge in [-0.15, -0.1) is 0 Å². The van der Waals surface area contributed by atoms with Crippen LogP contribution in [0, 0.1) is 10.1 Å². The fourth-order valence-electron chi connectivity index (χ4n) is 1.39. The molecular formula is C11H18N4O4S2. The zero-order chi connectivity index (χ0) is 16.3. The van der Waals surface area contributed by atoms with E-state index in [9.17, 15) is 18.5 Å². The predicted molar refractivity (Wildman–Crippen MR) is 83.7 cm³/mol. The van der Waals surface area contributed by atoms with Gasteiger partial charge in [0.15, 0.2) is 4.90 Å². The fourth-order valence-corrected chi connectivity index (χ4v) is 3.10. The number of nitrogens with zero attached hydrogens (tertiary/aromatic N) is 1. The second-order valence-electron chi connectivity index (χ2n) is 4.87. The van der Waals surface area contributed by atoms with E-state index in [0.29, 0.717) is 0 Å². The lowest BCUT2D eigenvalue weighted by Gasteiger charge is -2.22. The summed E-state index contributed by atoms with van der Waals surface area (Å²) in [4.78, 5) is 9.82. The van der Waals surface area contributed by atoms with Crippen molar-refractivity contribution in [3.05, 3.63) is 28.3 Å². The molecule has 0 atom stereocenters. The first-order valence-corrected chi connectivity index (χ1v) is 8.63. The lowest BCUT2D eigenvalue weighted by atomic mass is 10.2. The maximum absolute atomic E-state index is 12.3. The Kier molecular flexibility index (Phi) is 5.56. The third kappa shape index (κ3) is 4.56. The van der Waals surface area contributed by atoms with Crippen molar-refractivity contribution >= 4 is 33.2 Å². The van der Waals surface area contributed by atoms with E-state index >= 15 is 0 Å². The third-order valence-electron chi connectivity index (χ3n) is 2.85. The summed E-state index contributed by atoms with van der Waals surface area (Å²) in [6, 6.07) is 3.57. The predicted octanol–water partition coefficient (Wildman–Crippen LogP) is 1.30. The van der Waals surface area contributed by atoms with Gasteiger partial charge in [-0.2, -0.15) is 11.8 Å². The number of sulfonamides is 1. The molecule has 118 valence electrons. The third-order valence-corrected chi connectivity index (χ3v) is 5.53. The monoisotopic (exact) mass is 334 g/mol. The smallest absolute Gasteiger partial charge is 0.289 e. The summed E-state index contributed by atoms with van der Waals surface area (Å²) in [5, 5.41) is 11.0. The number of hydrogen-bond acceptors (Lipinski definition) is 7. The van der Waals surface area contributed by atoms with E-state index in [4.69, 9.17) is 5.84 Å². The number of nitrogens with one attached hydrogen (secondary N) is 2. The normalized spacial score (nSPS) is 12.2. The second-order valence-corrected chi connectivity index (χ2v) is 8.12. The van der Waals surface area contributed by atoms with Crippen molar-refractivity contribution < 1.29 is 13.3 Å². The van der Waals surface area contributed by atoms with Crippen LogP contribution in [0.4, 0.5) is 11.4 Å². The Morgan fingerprint density at radius 1 is 1.43 bits per heavy atom. The van der Waals surface area contributed by atoms with Gasteiger partial charge < -0.3 is 5.43 Å². The summed E-state index contributed by atoms with van der Waals surface area (Å²) >= 11 is 1.49. The highest BCUT2D eigenvalue weighted by Gasteiger charge is 2.28. The first kappa shape index (κ1) is 17.7. The van der Waals surface area contributed by atoms with Crippen LogP contribution in [0.2, 0.25) is 0 Å². The summed E-state index contributed by atoms with van der Waals surface area (Å²) in [5.74, 6) is 5.21. The molecule has 1 rings (SSSR count). The van der Waals surface area contributed by atoms with E-state index < -0.39 is 25.5 Å². The Morgan fingerprint density at radius 2 is 2.05 bits per heavy atom. The number of rotatable bonds is 7. The highest BCUT2D eigenvalue weighted by atomic mass is 32.2. The Hall–Kier alpha value is -1.36. The quantitative estimate of drug-likeness (QED) is 0.389. The summed E-state index contributed by atoms with van der Waals surface area (Å²) in [6.07, 6.45) is 1.86. The molecule has 8 nitrogen and oxygen atoms in total. The first-order valence-electron chi connectivity index (χ1n) is 5.93. The van der Waals surface area contributed by atoms with Crippen LogP contribution in [0.3, 0.4) is 0 Å². The van der Waals surface area contributed by atoms with Crippen molar-refractivity contribution in [1.82, 2.24) is 4.72 Å². The van der Waals surface area contributed by atoms with Crippen LogP contribution in [0.5, 0.6) is 0 Å². The number of anilines is 1. The molecule has 4 N–H and O–H groups in total. The van der Waals surface area contributed by atoms with Crippen LogP contribution in [0.25, 0.3) is 0 Å². The van der Waals surface area contributed by atoms with Gasteiger partial charge in [0.05, 0.1) is 10.6 Å². The van der Waals surface area contributed by atoms with Crippen molar-refractivity contribution in [3.8, 4) is 0 Å². The molecule has 0 heterocycles. The van der Waals surface area contributed by atoms with Crippen LogP contribution in [0.1, 0.15) is 13.8 Å². The number of nitro benzene ring substituents is 1. The molecule has 1 aromatic carbocycles. The zero-order valence-corrected chi connectivity index (χ0v) is 13.5. The summed E-state index contributed by atoms with van der Waals surface area (Å²) in [6.45, 7) is 3.88. The van der Waals surface area contributed by atoms with Crippen LogP contribution < -0.4 is 16.0 Å². The van der Waals surface area contributed by atoms with Gasteiger partial charge in [-0.05, 0) is 32.2 Å². The Bertz CT molecular complexity index is 631. The van der Waals surface area contributed by atoms with Crippen molar-refractivity contribution in [2.45, 2.75) is 23.5 Å². The number of benzene rings is 1. The molecule has 0 saturated heterocycles. The summed E-state index contributed by atoms with van der Waals surface area (Å²) in [5.41, 5.74) is 2.04. The summed E-state index contributed by atoms with van der Waals surface area (Å²) < 4.78 is 26.7. The highest BCUT2D eigenvalue weighted by Crippen LogP contribution is 2.27. The number of nitrogens with two attached hydrogens (primary N) is 1. The standard InChI is InChI=1S/C11H18N4O4S2/c1-11(2,20-3)7-13-21(18,19)10-6-8(14-12)4-5-9(10)15(16)17/h4-6,13-14H,7,12H2,1-3H3. The average molecular weight is 334 g/mol. The average Bonchev–Trinajstić information content (AvgIpc) is 2.44.